The summed E-state index contributed by atoms with van der Waals surface area (Å²) in [7, 11) is 0. The lowest BCUT2D eigenvalue weighted by Gasteiger charge is -2.28. The first kappa shape index (κ1) is 14.5. The van der Waals surface area contributed by atoms with Crippen LogP contribution in [-0.4, -0.2) is 44.1 Å². The van der Waals surface area contributed by atoms with Crippen LogP contribution in [0.15, 0.2) is 15.7 Å². The van der Waals surface area contributed by atoms with E-state index in [1.165, 1.54) is 13.0 Å². The molecule has 1 aliphatic heterocycles. The summed E-state index contributed by atoms with van der Waals surface area (Å²) in [4.78, 5) is 25.2. The van der Waals surface area contributed by atoms with Gasteiger partial charge < -0.3 is 20.7 Å². The first-order chi connectivity index (χ1) is 9.35. The van der Waals surface area contributed by atoms with E-state index in [1.807, 2.05) is 0 Å². The Hall–Kier alpha value is -1.92. The Labute approximate surface area is 113 Å². The molecule has 2 heterocycles. The predicted octanol–water partition coefficient (Wildman–Crippen LogP) is -2.57. The van der Waals surface area contributed by atoms with Gasteiger partial charge in [0.25, 0.3) is 5.56 Å². The van der Waals surface area contributed by atoms with E-state index >= 15 is 0 Å². The summed E-state index contributed by atoms with van der Waals surface area (Å²) in [6.07, 6.45) is 1.80. The quantitative estimate of drug-likeness (QED) is 0.441. The zero-order valence-corrected chi connectivity index (χ0v) is 10.7. The van der Waals surface area contributed by atoms with E-state index in [4.69, 9.17) is 22.0 Å². The number of terminal acetylenes is 1. The molecular weight excluding hydrogens is 266 g/mol. The lowest BCUT2D eigenvalue weighted by molar-refractivity contribution is -0.0484. The third kappa shape index (κ3) is 1.97. The van der Waals surface area contributed by atoms with Gasteiger partial charge in [0.05, 0.1) is 6.61 Å². The zero-order chi connectivity index (χ0) is 15.1. The number of aromatic amines is 1. The molecule has 1 saturated heterocycles. The average Bonchev–Trinajstić information content (AvgIpc) is 2.63. The minimum absolute atomic E-state index is 0.277. The molecule has 20 heavy (non-hydrogen) atoms. The Kier molecular flexibility index (Phi) is 3.54. The lowest BCUT2D eigenvalue weighted by atomic mass is 9.92. The van der Waals surface area contributed by atoms with Gasteiger partial charge in [-0.05, 0) is 6.92 Å². The van der Waals surface area contributed by atoms with Crippen molar-refractivity contribution in [1.82, 2.24) is 9.55 Å². The van der Waals surface area contributed by atoms with Crippen molar-refractivity contribution in [2.75, 3.05) is 6.61 Å². The smallest absolute Gasteiger partial charge is 0.330 e. The fourth-order valence-electron chi connectivity index (χ4n) is 2.29. The van der Waals surface area contributed by atoms with E-state index in [-0.39, 0.29) is 5.69 Å². The van der Waals surface area contributed by atoms with Gasteiger partial charge in [0.15, 0.2) is 11.8 Å². The summed E-state index contributed by atoms with van der Waals surface area (Å²) in [6.45, 7) is 1.00. The Morgan fingerprint density at radius 2 is 2.30 bits per heavy atom. The number of aliphatic hydroxyl groups excluding tert-OH is 2. The van der Waals surface area contributed by atoms with E-state index in [2.05, 4.69) is 10.9 Å². The number of aliphatic hydroxyl groups is 2. The van der Waals surface area contributed by atoms with Crippen LogP contribution in [-0.2, 0) is 4.74 Å². The molecule has 1 fully saturated rings. The molecule has 0 aromatic carbocycles. The Morgan fingerprint density at radius 3 is 2.80 bits per heavy atom. The van der Waals surface area contributed by atoms with Crippen LogP contribution >= 0.6 is 0 Å². The molecule has 0 spiro atoms. The number of rotatable bonds is 2. The topological polar surface area (TPSA) is 131 Å². The van der Waals surface area contributed by atoms with Crippen molar-refractivity contribution in [1.29, 1.82) is 0 Å². The molecule has 0 radical (unpaired) electrons. The van der Waals surface area contributed by atoms with Crippen LogP contribution in [0.25, 0.3) is 0 Å². The van der Waals surface area contributed by atoms with E-state index in [9.17, 15) is 14.7 Å². The maximum Gasteiger partial charge on any atom is 0.330 e. The average molecular weight is 281 g/mol. The monoisotopic (exact) mass is 281 g/mol. The normalized spacial score (nSPS) is 33.0. The van der Waals surface area contributed by atoms with Crippen molar-refractivity contribution < 1.29 is 14.9 Å². The maximum atomic E-state index is 11.9. The Balaban J connectivity index is 2.61. The van der Waals surface area contributed by atoms with Crippen LogP contribution in [0.5, 0.6) is 0 Å². The van der Waals surface area contributed by atoms with Crippen molar-refractivity contribution >= 4 is 0 Å². The molecule has 1 aliphatic rings. The van der Waals surface area contributed by atoms with Gasteiger partial charge in [-0.3, -0.25) is 14.3 Å². The Bertz CT molecular complexity index is 673. The number of aromatic nitrogens is 2. The standard InChI is InChI=1S/C12H15N3O5/c1-3-12(13)9(18)7(5-16)20-10(12)15-6(2)4-8(17)14-11(15)19/h1,4,7,9-10,16,18H,5,13H2,2H3,(H,14,17,19)/t7-,9+,10-,12?/m1/s1. The number of hydrogen-bond acceptors (Lipinski definition) is 6. The maximum absolute atomic E-state index is 11.9. The van der Waals surface area contributed by atoms with Gasteiger partial charge in [-0.1, -0.05) is 5.92 Å². The third-order valence-electron chi connectivity index (χ3n) is 3.39. The van der Waals surface area contributed by atoms with Gasteiger partial charge in [0, 0.05) is 11.8 Å². The molecule has 1 aromatic heterocycles. The van der Waals surface area contributed by atoms with E-state index in [0.717, 1.165) is 4.57 Å². The number of nitrogens with one attached hydrogen (secondary N) is 1. The van der Waals surface area contributed by atoms with Gasteiger partial charge in [-0.15, -0.1) is 6.42 Å². The molecule has 2 rings (SSSR count). The summed E-state index contributed by atoms with van der Waals surface area (Å²) in [6, 6.07) is 1.18. The lowest BCUT2D eigenvalue weighted by Crippen LogP contribution is -2.55. The number of hydrogen-bond donors (Lipinski definition) is 4. The summed E-state index contributed by atoms with van der Waals surface area (Å²) in [5.74, 6) is 2.21. The van der Waals surface area contributed by atoms with E-state index in [1.54, 1.807) is 0 Å². The highest BCUT2D eigenvalue weighted by atomic mass is 16.5. The number of H-pyrrole nitrogens is 1. The molecule has 5 N–H and O–H groups in total. The molecular formula is C12H15N3O5. The van der Waals surface area contributed by atoms with Crippen LogP contribution in [0.2, 0.25) is 0 Å². The largest absolute Gasteiger partial charge is 0.394 e. The molecule has 1 unspecified atom stereocenters. The number of ether oxygens (including phenoxy) is 1. The van der Waals surface area contributed by atoms with E-state index in [0.29, 0.717) is 0 Å². The van der Waals surface area contributed by atoms with Crippen LogP contribution in [0.4, 0.5) is 0 Å². The minimum atomic E-state index is -1.69. The molecule has 8 heteroatoms. The molecule has 0 aliphatic carbocycles. The van der Waals surface area contributed by atoms with Crippen LogP contribution in [0.1, 0.15) is 11.9 Å². The summed E-state index contributed by atoms with van der Waals surface area (Å²) in [5.41, 5.74) is 3.21. The van der Waals surface area contributed by atoms with Gasteiger partial charge in [-0.25, -0.2) is 4.79 Å². The fourth-order valence-corrected chi connectivity index (χ4v) is 2.29. The second-order valence-corrected chi connectivity index (χ2v) is 4.68. The van der Waals surface area contributed by atoms with Crippen molar-refractivity contribution in [3.8, 4) is 12.3 Å². The van der Waals surface area contributed by atoms with Crippen molar-refractivity contribution in [2.24, 2.45) is 5.73 Å². The number of nitrogens with zero attached hydrogens (tertiary/aromatic N) is 1. The molecule has 108 valence electrons. The van der Waals surface area contributed by atoms with Crippen molar-refractivity contribution in [3.63, 3.8) is 0 Å². The fraction of sp³-hybridized carbons (Fsp3) is 0.500. The summed E-state index contributed by atoms with van der Waals surface area (Å²) in [5, 5.41) is 19.2. The molecule has 0 saturated carbocycles. The van der Waals surface area contributed by atoms with Gasteiger partial charge in [-0.2, -0.15) is 0 Å². The van der Waals surface area contributed by atoms with E-state index < -0.39 is 41.8 Å². The highest BCUT2D eigenvalue weighted by molar-refractivity contribution is 5.23. The second-order valence-electron chi connectivity index (χ2n) is 4.68. The predicted molar refractivity (Wildman–Crippen MR) is 68.8 cm³/mol. The minimum Gasteiger partial charge on any atom is -0.394 e. The number of aryl methyl sites for hydroxylation is 1. The first-order valence-corrected chi connectivity index (χ1v) is 5.88. The zero-order valence-electron chi connectivity index (χ0n) is 10.7. The molecule has 0 bridgehead atoms. The van der Waals surface area contributed by atoms with Crippen LogP contribution in [0.3, 0.4) is 0 Å². The molecule has 8 nitrogen and oxygen atoms in total. The third-order valence-corrected chi connectivity index (χ3v) is 3.39. The van der Waals surface area contributed by atoms with Crippen LogP contribution < -0.4 is 17.0 Å². The van der Waals surface area contributed by atoms with Gasteiger partial charge in [0.2, 0.25) is 0 Å². The summed E-state index contributed by atoms with van der Waals surface area (Å²) < 4.78 is 6.45. The highest BCUT2D eigenvalue weighted by Gasteiger charge is 2.54. The second kappa shape index (κ2) is 4.88. The molecule has 1 aromatic rings. The van der Waals surface area contributed by atoms with Gasteiger partial charge >= 0.3 is 5.69 Å². The SMILES string of the molecule is C#CC1(N)[C@@H](O)[C@@H](CO)O[C@H]1n1c(C)cc(=O)[nH]c1=O. The van der Waals surface area contributed by atoms with Crippen molar-refractivity contribution in [2.45, 2.75) is 30.9 Å². The van der Waals surface area contributed by atoms with Crippen LogP contribution in [0, 0.1) is 19.3 Å². The Morgan fingerprint density at radius 1 is 1.65 bits per heavy atom. The van der Waals surface area contributed by atoms with Gasteiger partial charge in [0.1, 0.15) is 12.2 Å². The summed E-state index contributed by atoms with van der Waals surface area (Å²) >= 11 is 0. The highest BCUT2D eigenvalue weighted by Crippen LogP contribution is 2.35. The number of nitrogens with two attached hydrogens (primary N) is 1. The molecule has 4 atom stereocenters. The molecule has 0 amide bonds. The first-order valence-electron chi connectivity index (χ1n) is 5.88. The van der Waals surface area contributed by atoms with Crippen molar-refractivity contribution in [3.05, 3.63) is 32.6 Å².